The van der Waals surface area contributed by atoms with Gasteiger partial charge >= 0.3 is 0 Å². The largest absolute Gasteiger partial charge is 0.394 e. The predicted molar refractivity (Wildman–Crippen MR) is 54.3 cm³/mol. The van der Waals surface area contributed by atoms with Crippen molar-refractivity contribution in [2.24, 2.45) is 5.73 Å². The number of aliphatic hydroxyl groups excluding tert-OH is 5. The van der Waals surface area contributed by atoms with Gasteiger partial charge in [0.25, 0.3) is 0 Å². The summed E-state index contributed by atoms with van der Waals surface area (Å²) in [5, 5.41) is 45.5. The fraction of sp³-hybridized carbons (Fsp3) is 0.667. The Labute approximate surface area is 92.4 Å². The molecule has 0 aromatic carbocycles. The number of carbonyl (C=O) groups is 1. The number of hydrogen-bond acceptors (Lipinski definition) is 7. The molecule has 0 spiro atoms. The monoisotopic (exact) mass is 235 g/mol. The maximum Gasteiger partial charge on any atom is 0.174 e. The molecule has 16 heavy (non-hydrogen) atoms. The van der Waals surface area contributed by atoms with Gasteiger partial charge in [0.15, 0.2) is 5.78 Å². The molecule has 7 N–H and O–H groups in total. The van der Waals surface area contributed by atoms with Gasteiger partial charge in [0.05, 0.1) is 12.6 Å². The summed E-state index contributed by atoms with van der Waals surface area (Å²) in [5.74, 6) is -0.711. The molecule has 0 aliphatic rings. The van der Waals surface area contributed by atoms with E-state index >= 15 is 0 Å². The van der Waals surface area contributed by atoms with Crippen molar-refractivity contribution in [1.82, 2.24) is 0 Å². The third-order valence-electron chi connectivity index (χ3n) is 2.18. The minimum absolute atomic E-state index is 0.711. The van der Waals surface area contributed by atoms with Crippen LogP contribution >= 0.6 is 0 Å². The summed E-state index contributed by atoms with van der Waals surface area (Å²) in [6.45, 7) is 2.35. The van der Waals surface area contributed by atoms with Gasteiger partial charge in [-0.05, 0) is 6.08 Å². The molecule has 0 fully saturated rings. The topological polar surface area (TPSA) is 144 Å². The van der Waals surface area contributed by atoms with Gasteiger partial charge in [-0.1, -0.05) is 6.58 Å². The highest BCUT2D eigenvalue weighted by Gasteiger charge is 2.35. The first-order valence-corrected chi connectivity index (χ1v) is 4.61. The van der Waals surface area contributed by atoms with E-state index in [-0.39, 0.29) is 0 Å². The van der Waals surface area contributed by atoms with E-state index in [9.17, 15) is 20.1 Å². The highest BCUT2D eigenvalue weighted by molar-refractivity contribution is 5.94. The third kappa shape index (κ3) is 3.63. The molecule has 7 nitrogen and oxygen atoms in total. The molecule has 0 radical (unpaired) electrons. The van der Waals surface area contributed by atoms with Crippen molar-refractivity contribution in [3.8, 4) is 0 Å². The normalized spacial score (nSPS) is 20.6. The number of nitrogens with two attached hydrogens (primary N) is 1. The van der Waals surface area contributed by atoms with E-state index in [0.717, 1.165) is 6.08 Å². The summed E-state index contributed by atoms with van der Waals surface area (Å²) < 4.78 is 0. The van der Waals surface area contributed by atoms with Crippen molar-refractivity contribution in [2.45, 2.75) is 30.5 Å². The summed E-state index contributed by atoms with van der Waals surface area (Å²) in [7, 11) is 0. The predicted octanol–water partition coefficient (Wildman–Crippen LogP) is -3.50. The molecule has 7 heteroatoms. The fourth-order valence-electron chi connectivity index (χ4n) is 1.05. The summed E-state index contributed by atoms with van der Waals surface area (Å²) in [6.07, 6.45) is -6.17. The lowest BCUT2D eigenvalue weighted by Gasteiger charge is -2.27. The standard InChI is InChI=1S/C9H17NO6/c1-2-4(12)6(10)8(15)9(16)7(14)5(13)3-11/h2,5-9,11,13-16H,1,3,10H2/t5-,6?,7-,8+,9+/m1/s1. The van der Waals surface area contributed by atoms with E-state index in [0.29, 0.717) is 0 Å². The van der Waals surface area contributed by atoms with Crippen molar-refractivity contribution < 1.29 is 30.3 Å². The summed E-state index contributed by atoms with van der Waals surface area (Å²) in [4.78, 5) is 11.0. The lowest BCUT2D eigenvalue weighted by Crippen LogP contribution is -2.54. The molecule has 94 valence electrons. The van der Waals surface area contributed by atoms with Crippen molar-refractivity contribution in [3.05, 3.63) is 12.7 Å². The Morgan fingerprint density at radius 1 is 1.19 bits per heavy atom. The molecule has 0 aliphatic carbocycles. The van der Waals surface area contributed by atoms with E-state index in [1.165, 1.54) is 0 Å². The highest BCUT2D eigenvalue weighted by atomic mass is 16.4. The van der Waals surface area contributed by atoms with Gasteiger partial charge in [-0.2, -0.15) is 0 Å². The van der Waals surface area contributed by atoms with Crippen molar-refractivity contribution in [2.75, 3.05) is 6.61 Å². The van der Waals surface area contributed by atoms with E-state index in [1.54, 1.807) is 0 Å². The van der Waals surface area contributed by atoms with Gasteiger partial charge in [-0.25, -0.2) is 0 Å². The van der Waals surface area contributed by atoms with Crippen molar-refractivity contribution in [3.63, 3.8) is 0 Å². The molecule has 5 atom stereocenters. The molecule has 0 saturated heterocycles. The molecule has 0 heterocycles. The quantitative estimate of drug-likeness (QED) is 0.251. The fourth-order valence-corrected chi connectivity index (χ4v) is 1.05. The number of rotatable bonds is 7. The summed E-state index contributed by atoms with van der Waals surface area (Å²) >= 11 is 0. The molecule has 0 aromatic heterocycles. The van der Waals surface area contributed by atoms with Crippen LogP contribution in [-0.4, -0.2) is 68.4 Å². The number of hydrogen-bond donors (Lipinski definition) is 6. The molecule has 0 aliphatic heterocycles. The van der Waals surface area contributed by atoms with Gasteiger partial charge in [0.1, 0.15) is 24.4 Å². The van der Waals surface area contributed by atoms with Gasteiger partial charge in [0, 0.05) is 0 Å². The Balaban J connectivity index is 4.53. The lowest BCUT2D eigenvalue weighted by molar-refractivity contribution is -0.133. The Hall–Kier alpha value is -0.830. The Bertz CT molecular complexity index is 246. The molecule has 0 aromatic rings. The van der Waals surface area contributed by atoms with Crippen LogP contribution in [0.5, 0.6) is 0 Å². The lowest BCUT2D eigenvalue weighted by atomic mass is 9.96. The second-order valence-electron chi connectivity index (χ2n) is 3.35. The SMILES string of the molecule is C=CC(=O)C(N)[C@H](O)[C@@H](O)[C@H](O)[C@H](O)CO. The van der Waals surface area contributed by atoms with Crippen LogP contribution in [0.25, 0.3) is 0 Å². The van der Waals surface area contributed by atoms with Crippen LogP contribution in [0.4, 0.5) is 0 Å². The van der Waals surface area contributed by atoms with E-state index in [1.807, 2.05) is 0 Å². The van der Waals surface area contributed by atoms with Crippen molar-refractivity contribution in [1.29, 1.82) is 0 Å². The molecule has 0 saturated carbocycles. The maximum atomic E-state index is 11.0. The molecule has 1 unspecified atom stereocenters. The third-order valence-corrected chi connectivity index (χ3v) is 2.18. The highest BCUT2D eigenvalue weighted by Crippen LogP contribution is 2.08. The first-order valence-electron chi connectivity index (χ1n) is 4.61. The van der Waals surface area contributed by atoms with Gasteiger partial charge < -0.3 is 31.3 Å². The number of ketones is 1. The van der Waals surface area contributed by atoms with Crippen LogP contribution in [0.3, 0.4) is 0 Å². The average Bonchev–Trinajstić information content (AvgIpc) is 2.32. The van der Waals surface area contributed by atoms with Gasteiger partial charge in [0.2, 0.25) is 0 Å². The minimum Gasteiger partial charge on any atom is -0.394 e. The van der Waals surface area contributed by atoms with Gasteiger partial charge in [-0.3, -0.25) is 4.79 Å². The number of aliphatic hydroxyl groups is 5. The molecule has 0 rings (SSSR count). The van der Waals surface area contributed by atoms with Crippen molar-refractivity contribution >= 4 is 5.78 Å². The van der Waals surface area contributed by atoms with E-state index in [2.05, 4.69) is 6.58 Å². The first-order chi connectivity index (χ1) is 7.36. The Morgan fingerprint density at radius 2 is 1.69 bits per heavy atom. The van der Waals surface area contributed by atoms with Crippen LogP contribution in [0.1, 0.15) is 0 Å². The molecular formula is C9H17NO6. The number of carbonyl (C=O) groups excluding carboxylic acids is 1. The van der Waals surface area contributed by atoms with Crippen LogP contribution < -0.4 is 5.73 Å². The smallest absolute Gasteiger partial charge is 0.174 e. The van der Waals surface area contributed by atoms with Crippen LogP contribution in [0.15, 0.2) is 12.7 Å². The van der Waals surface area contributed by atoms with Crippen LogP contribution in [0, 0.1) is 0 Å². The first kappa shape index (κ1) is 15.2. The second-order valence-corrected chi connectivity index (χ2v) is 3.35. The molecule has 0 amide bonds. The van der Waals surface area contributed by atoms with Gasteiger partial charge in [-0.15, -0.1) is 0 Å². The Morgan fingerprint density at radius 3 is 2.06 bits per heavy atom. The van der Waals surface area contributed by atoms with E-state index in [4.69, 9.17) is 15.9 Å². The maximum absolute atomic E-state index is 11.0. The molecule has 0 bridgehead atoms. The van der Waals surface area contributed by atoms with Crippen LogP contribution in [-0.2, 0) is 4.79 Å². The summed E-state index contributed by atoms with van der Waals surface area (Å²) in [6, 6.07) is -1.45. The molecular weight excluding hydrogens is 218 g/mol. The second kappa shape index (κ2) is 6.69. The van der Waals surface area contributed by atoms with E-state index < -0.39 is 42.8 Å². The summed E-state index contributed by atoms with van der Waals surface area (Å²) in [5.41, 5.74) is 5.27. The Kier molecular flexibility index (Phi) is 6.34. The average molecular weight is 235 g/mol. The zero-order valence-corrected chi connectivity index (χ0v) is 8.60. The zero-order valence-electron chi connectivity index (χ0n) is 8.60. The minimum atomic E-state index is -1.85. The zero-order chi connectivity index (χ0) is 12.9. The van der Waals surface area contributed by atoms with Crippen LogP contribution in [0.2, 0.25) is 0 Å².